The lowest BCUT2D eigenvalue weighted by Crippen LogP contribution is -2.28. The summed E-state index contributed by atoms with van der Waals surface area (Å²) in [6, 6.07) is 7.26. The van der Waals surface area contributed by atoms with E-state index in [9.17, 15) is 4.79 Å². The molecule has 0 aliphatic rings. The van der Waals surface area contributed by atoms with E-state index < -0.39 is 5.91 Å². The highest BCUT2D eigenvalue weighted by atomic mass is 16.6. The van der Waals surface area contributed by atoms with Gasteiger partial charge >= 0.3 is 0 Å². The molecule has 7 heteroatoms. The van der Waals surface area contributed by atoms with Gasteiger partial charge in [-0.1, -0.05) is 18.2 Å². The Labute approximate surface area is 122 Å². The monoisotopic (exact) mass is 290 g/mol. The number of hydrogen-bond donors (Lipinski definition) is 2. The molecule has 2 rings (SSSR count). The molecule has 0 saturated heterocycles. The van der Waals surface area contributed by atoms with Gasteiger partial charge in [0.2, 0.25) is 11.5 Å². The van der Waals surface area contributed by atoms with Crippen LogP contribution in [0.1, 0.15) is 42.9 Å². The Balaban J connectivity index is 2.15. The summed E-state index contributed by atoms with van der Waals surface area (Å²) in [7, 11) is 0. The molecular formula is C14H18N4O3. The molecule has 21 heavy (non-hydrogen) atoms. The van der Waals surface area contributed by atoms with Gasteiger partial charge in [-0.2, -0.15) is 0 Å². The number of benzene rings is 1. The van der Waals surface area contributed by atoms with Crippen molar-refractivity contribution < 1.29 is 14.2 Å². The van der Waals surface area contributed by atoms with E-state index in [-0.39, 0.29) is 23.7 Å². The van der Waals surface area contributed by atoms with Gasteiger partial charge in [-0.3, -0.25) is 4.79 Å². The molecule has 0 fully saturated rings. The summed E-state index contributed by atoms with van der Waals surface area (Å²) in [5.74, 6) is 0.249. The maximum absolute atomic E-state index is 12.0. The van der Waals surface area contributed by atoms with Crippen molar-refractivity contribution in [2.24, 2.45) is 0 Å². The van der Waals surface area contributed by atoms with Crippen molar-refractivity contribution in [3.05, 3.63) is 35.5 Å². The average Bonchev–Trinajstić information content (AvgIpc) is 2.85. The zero-order valence-electron chi connectivity index (χ0n) is 12.2. The van der Waals surface area contributed by atoms with Crippen LogP contribution in [0.15, 0.2) is 28.9 Å². The molecule has 0 spiro atoms. The summed E-state index contributed by atoms with van der Waals surface area (Å²) < 4.78 is 10.2. The second-order valence-corrected chi connectivity index (χ2v) is 4.90. The molecule has 0 radical (unpaired) electrons. The first-order valence-electron chi connectivity index (χ1n) is 6.63. The minimum atomic E-state index is -0.444. The number of hydrogen-bond acceptors (Lipinski definition) is 6. The van der Waals surface area contributed by atoms with Gasteiger partial charge in [-0.25, -0.2) is 4.63 Å². The van der Waals surface area contributed by atoms with Gasteiger partial charge in [0, 0.05) is 5.56 Å². The third-order valence-electron chi connectivity index (χ3n) is 2.82. The smallest absolute Gasteiger partial charge is 0.277 e. The fraction of sp³-hybridized carbons (Fsp3) is 0.357. The summed E-state index contributed by atoms with van der Waals surface area (Å²) in [5, 5.41) is 9.65. The zero-order valence-corrected chi connectivity index (χ0v) is 12.2. The van der Waals surface area contributed by atoms with Crippen LogP contribution < -0.4 is 15.8 Å². The topological polar surface area (TPSA) is 103 Å². The SMILES string of the molecule is CC(C)Oc1ccccc1C(C)NC(=O)c1nonc1N. The highest BCUT2D eigenvalue weighted by Gasteiger charge is 2.20. The van der Waals surface area contributed by atoms with Crippen molar-refractivity contribution in [2.45, 2.75) is 32.9 Å². The molecule has 0 bridgehead atoms. The number of aromatic nitrogens is 2. The number of nitrogens with zero attached hydrogens (tertiary/aromatic N) is 2. The van der Waals surface area contributed by atoms with E-state index in [1.165, 1.54) is 0 Å². The van der Waals surface area contributed by atoms with Gasteiger partial charge in [-0.05, 0) is 37.2 Å². The third kappa shape index (κ3) is 3.50. The van der Waals surface area contributed by atoms with E-state index in [0.717, 1.165) is 11.3 Å². The maximum Gasteiger partial charge on any atom is 0.277 e. The van der Waals surface area contributed by atoms with Crippen molar-refractivity contribution in [3.8, 4) is 5.75 Å². The van der Waals surface area contributed by atoms with Gasteiger partial charge in [0.1, 0.15) is 5.75 Å². The lowest BCUT2D eigenvalue weighted by atomic mass is 10.1. The van der Waals surface area contributed by atoms with Crippen molar-refractivity contribution in [1.29, 1.82) is 0 Å². The zero-order chi connectivity index (χ0) is 15.4. The quantitative estimate of drug-likeness (QED) is 0.872. The number of carbonyl (C=O) groups is 1. The van der Waals surface area contributed by atoms with E-state index >= 15 is 0 Å². The van der Waals surface area contributed by atoms with Gasteiger partial charge in [0.25, 0.3) is 5.91 Å². The van der Waals surface area contributed by atoms with Crippen LogP contribution >= 0.6 is 0 Å². The minimum Gasteiger partial charge on any atom is -0.491 e. The van der Waals surface area contributed by atoms with E-state index in [1.807, 2.05) is 45.0 Å². The number of rotatable bonds is 5. The van der Waals surface area contributed by atoms with Crippen LogP contribution in [-0.4, -0.2) is 22.3 Å². The van der Waals surface area contributed by atoms with E-state index in [0.29, 0.717) is 0 Å². The third-order valence-corrected chi connectivity index (χ3v) is 2.82. The number of nitrogen functional groups attached to an aromatic ring is 1. The van der Waals surface area contributed by atoms with Crippen LogP contribution in [0.5, 0.6) is 5.75 Å². The van der Waals surface area contributed by atoms with Gasteiger partial charge in [0.05, 0.1) is 12.1 Å². The molecular weight excluding hydrogens is 272 g/mol. The summed E-state index contributed by atoms with van der Waals surface area (Å²) in [6.45, 7) is 5.74. The molecule has 1 aromatic carbocycles. The van der Waals surface area contributed by atoms with Crippen LogP contribution in [0.2, 0.25) is 0 Å². The van der Waals surface area contributed by atoms with E-state index in [4.69, 9.17) is 10.5 Å². The molecule has 1 heterocycles. The predicted molar refractivity (Wildman–Crippen MR) is 76.8 cm³/mol. The Bertz CT molecular complexity index is 624. The second kappa shape index (κ2) is 6.25. The second-order valence-electron chi connectivity index (χ2n) is 4.90. The van der Waals surface area contributed by atoms with Crippen LogP contribution in [0.25, 0.3) is 0 Å². The number of ether oxygens (including phenoxy) is 1. The van der Waals surface area contributed by atoms with E-state index in [2.05, 4.69) is 20.3 Å². The average molecular weight is 290 g/mol. The van der Waals surface area contributed by atoms with Crippen LogP contribution in [0, 0.1) is 0 Å². The van der Waals surface area contributed by atoms with Crippen molar-refractivity contribution in [3.63, 3.8) is 0 Å². The summed E-state index contributed by atoms with van der Waals surface area (Å²) in [5.41, 5.74) is 6.34. The van der Waals surface area contributed by atoms with Crippen LogP contribution in [-0.2, 0) is 0 Å². The first-order valence-corrected chi connectivity index (χ1v) is 6.63. The highest BCUT2D eigenvalue weighted by Crippen LogP contribution is 2.26. The molecule has 112 valence electrons. The molecule has 1 unspecified atom stereocenters. The Hall–Kier alpha value is -2.57. The number of amides is 1. The van der Waals surface area contributed by atoms with Gasteiger partial charge in [-0.15, -0.1) is 0 Å². The fourth-order valence-electron chi connectivity index (χ4n) is 1.90. The highest BCUT2D eigenvalue weighted by molar-refractivity contribution is 5.96. The van der Waals surface area contributed by atoms with Crippen LogP contribution in [0.3, 0.4) is 0 Å². The number of carbonyl (C=O) groups excluding carboxylic acids is 1. The molecule has 2 aromatic rings. The molecule has 1 amide bonds. The molecule has 1 atom stereocenters. The predicted octanol–water partition coefficient (Wildman–Crippen LogP) is 1.93. The molecule has 1 aromatic heterocycles. The van der Waals surface area contributed by atoms with Crippen molar-refractivity contribution in [2.75, 3.05) is 5.73 Å². The lowest BCUT2D eigenvalue weighted by molar-refractivity contribution is 0.0930. The number of nitrogens with one attached hydrogen (secondary N) is 1. The Morgan fingerprint density at radius 3 is 2.62 bits per heavy atom. The van der Waals surface area contributed by atoms with Gasteiger partial charge in [0.15, 0.2) is 0 Å². The number of para-hydroxylation sites is 1. The molecule has 3 N–H and O–H groups in total. The summed E-state index contributed by atoms with van der Waals surface area (Å²) in [6.07, 6.45) is 0.0458. The largest absolute Gasteiger partial charge is 0.491 e. The standard InChI is InChI=1S/C14H18N4O3/c1-8(2)20-11-7-5-4-6-10(11)9(3)16-14(19)12-13(15)18-21-17-12/h4-9H,1-3H3,(H2,15,18)(H,16,19). The fourth-order valence-corrected chi connectivity index (χ4v) is 1.90. The maximum atomic E-state index is 12.0. The van der Waals surface area contributed by atoms with Crippen LogP contribution in [0.4, 0.5) is 5.82 Å². The molecule has 7 nitrogen and oxygen atoms in total. The number of nitrogens with two attached hydrogens (primary N) is 1. The molecule has 0 saturated carbocycles. The van der Waals surface area contributed by atoms with E-state index in [1.54, 1.807) is 0 Å². The minimum absolute atomic E-state index is 0.0240. The molecule has 0 aliphatic carbocycles. The first kappa shape index (κ1) is 14.8. The Morgan fingerprint density at radius 1 is 1.29 bits per heavy atom. The van der Waals surface area contributed by atoms with Crippen molar-refractivity contribution in [1.82, 2.24) is 15.6 Å². The lowest BCUT2D eigenvalue weighted by Gasteiger charge is -2.19. The van der Waals surface area contributed by atoms with Crippen molar-refractivity contribution >= 4 is 11.7 Å². The Kier molecular flexibility index (Phi) is 4.42. The normalized spacial score (nSPS) is 12.2. The summed E-state index contributed by atoms with van der Waals surface area (Å²) >= 11 is 0. The molecule has 0 aliphatic heterocycles. The first-order chi connectivity index (χ1) is 9.99. The Morgan fingerprint density at radius 2 is 2.00 bits per heavy atom. The number of anilines is 1. The summed E-state index contributed by atoms with van der Waals surface area (Å²) in [4.78, 5) is 12.0. The van der Waals surface area contributed by atoms with Gasteiger partial charge < -0.3 is 15.8 Å².